The summed E-state index contributed by atoms with van der Waals surface area (Å²) in [6.45, 7) is 9.31. The summed E-state index contributed by atoms with van der Waals surface area (Å²) in [7, 11) is -2.06. The van der Waals surface area contributed by atoms with E-state index in [1.165, 1.54) is 39.9 Å². The molecule has 0 atom stereocenters. The van der Waals surface area contributed by atoms with Gasteiger partial charge < -0.3 is 9.30 Å². The van der Waals surface area contributed by atoms with Crippen molar-refractivity contribution in [2.24, 2.45) is 4.99 Å². The molecule has 0 radical (unpaired) electrons. The average molecular weight is 476 g/mol. The van der Waals surface area contributed by atoms with Crippen molar-refractivity contribution in [3.63, 3.8) is 0 Å². The van der Waals surface area contributed by atoms with Crippen molar-refractivity contribution in [3.05, 3.63) is 58.4 Å². The van der Waals surface area contributed by atoms with Gasteiger partial charge in [-0.1, -0.05) is 17.4 Å². The molecule has 2 aromatic carbocycles. The Bertz CT molecular complexity index is 1270. The quantitative estimate of drug-likeness (QED) is 0.464. The molecule has 0 saturated heterocycles. The van der Waals surface area contributed by atoms with E-state index in [-0.39, 0.29) is 10.9 Å². The SMILES string of the molecule is CCOCCn1c(=NC(=O)c2ccc(S(=O)(=O)N(C)C(C)C)cc2)sc2cc(C)ccc21. The fourth-order valence-electron chi connectivity index (χ4n) is 3.15. The van der Waals surface area contributed by atoms with Gasteiger partial charge in [-0.15, -0.1) is 0 Å². The minimum atomic E-state index is -3.61. The van der Waals surface area contributed by atoms with E-state index in [4.69, 9.17) is 4.74 Å². The number of amides is 1. The molecule has 3 aromatic rings. The molecule has 172 valence electrons. The molecule has 0 aliphatic carbocycles. The number of hydrogen-bond acceptors (Lipinski definition) is 5. The standard InChI is InChI=1S/C23H29N3O4S2/c1-6-30-14-13-26-20-12-7-17(4)15-21(20)31-23(26)24-22(27)18-8-10-19(11-9-18)32(28,29)25(5)16(2)3/h7-12,15-16H,6,13-14H2,1-5H3. The summed E-state index contributed by atoms with van der Waals surface area (Å²) in [6, 6.07) is 11.9. The van der Waals surface area contributed by atoms with E-state index in [1.54, 1.807) is 7.05 Å². The number of aromatic nitrogens is 1. The molecule has 1 heterocycles. The molecule has 9 heteroatoms. The first-order chi connectivity index (χ1) is 15.1. The highest BCUT2D eigenvalue weighted by molar-refractivity contribution is 7.89. The number of ether oxygens (including phenoxy) is 1. The maximum absolute atomic E-state index is 12.9. The van der Waals surface area contributed by atoms with Gasteiger partial charge >= 0.3 is 0 Å². The highest BCUT2D eigenvalue weighted by atomic mass is 32.2. The zero-order valence-corrected chi connectivity index (χ0v) is 20.7. The molecule has 3 rings (SSSR count). The van der Waals surface area contributed by atoms with Crippen LogP contribution in [0.3, 0.4) is 0 Å². The number of hydrogen-bond donors (Lipinski definition) is 0. The maximum atomic E-state index is 12.9. The summed E-state index contributed by atoms with van der Waals surface area (Å²) < 4.78 is 35.1. The third kappa shape index (κ3) is 5.17. The molecule has 0 spiro atoms. The molecule has 1 aromatic heterocycles. The van der Waals surface area contributed by atoms with Crippen LogP contribution >= 0.6 is 11.3 Å². The van der Waals surface area contributed by atoms with Gasteiger partial charge in [-0.25, -0.2) is 8.42 Å². The Kier molecular flexibility index (Phi) is 7.66. The van der Waals surface area contributed by atoms with Crippen molar-refractivity contribution in [3.8, 4) is 0 Å². The van der Waals surface area contributed by atoms with Crippen LogP contribution in [0.15, 0.2) is 52.4 Å². The molecule has 0 aliphatic rings. The summed E-state index contributed by atoms with van der Waals surface area (Å²) in [5.74, 6) is -0.417. The minimum absolute atomic E-state index is 0.148. The van der Waals surface area contributed by atoms with Crippen molar-refractivity contribution in [1.29, 1.82) is 0 Å². The van der Waals surface area contributed by atoms with Gasteiger partial charge in [0.05, 0.1) is 21.7 Å². The molecule has 0 aliphatic heterocycles. The Morgan fingerprint density at radius 3 is 2.50 bits per heavy atom. The van der Waals surface area contributed by atoms with Gasteiger partial charge in [0.25, 0.3) is 5.91 Å². The largest absolute Gasteiger partial charge is 0.380 e. The number of nitrogens with zero attached hydrogens (tertiary/aromatic N) is 3. The Hall–Kier alpha value is -2.33. The lowest BCUT2D eigenvalue weighted by molar-refractivity contribution is 0.0996. The van der Waals surface area contributed by atoms with Crippen molar-refractivity contribution in [2.75, 3.05) is 20.3 Å². The van der Waals surface area contributed by atoms with Crippen molar-refractivity contribution in [1.82, 2.24) is 8.87 Å². The van der Waals surface area contributed by atoms with Crippen molar-refractivity contribution in [2.45, 2.75) is 45.2 Å². The summed E-state index contributed by atoms with van der Waals surface area (Å²) in [5, 5.41) is 0. The van der Waals surface area contributed by atoms with Crippen LogP contribution in [0.2, 0.25) is 0 Å². The van der Waals surface area contributed by atoms with Gasteiger partial charge in [0.15, 0.2) is 4.80 Å². The van der Waals surface area contributed by atoms with Crippen LogP contribution in [0.25, 0.3) is 10.2 Å². The van der Waals surface area contributed by atoms with E-state index in [1.807, 2.05) is 44.4 Å². The van der Waals surface area contributed by atoms with Crippen LogP contribution in [0, 0.1) is 6.92 Å². The Balaban J connectivity index is 1.96. The third-order valence-electron chi connectivity index (χ3n) is 5.20. The normalized spacial score (nSPS) is 12.9. The number of benzene rings is 2. The highest BCUT2D eigenvalue weighted by Crippen LogP contribution is 2.20. The van der Waals surface area contributed by atoms with Gasteiger partial charge in [-0.3, -0.25) is 4.79 Å². The Morgan fingerprint density at radius 1 is 1.19 bits per heavy atom. The first-order valence-corrected chi connectivity index (χ1v) is 12.8. The van der Waals surface area contributed by atoms with E-state index in [9.17, 15) is 13.2 Å². The Labute approximate surface area is 193 Å². The summed E-state index contributed by atoms with van der Waals surface area (Å²) >= 11 is 1.45. The second-order valence-electron chi connectivity index (χ2n) is 7.76. The fraction of sp³-hybridized carbons (Fsp3) is 0.391. The third-order valence-corrected chi connectivity index (χ3v) is 8.29. The van der Waals surface area contributed by atoms with E-state index in [0.717, 1.165) is 15.8 Å². The zero-order chi connectivity index (χ0) is 23.5. The predicted molar refractivity (Wildman–Crippen MR) is 127 cm³/mol. The molecular weight excluding hydrogens is 446 g/mol. The summed E-state index contributed by atoms with van der Waals surface area (Å²) in [5.41, 5.74) is 2.47. The lowest BCUT2D eigenvalue weighted by Gasteiger charge is -2.20. The molecule has 0 bridgehead atoms. The predicted octanol–water partition coefficient (Wildman–Crippen LogP) is 3.82. The number of fused-ring (bicyclic) bond motifs is 1. The van der Waals surface area contributed by atoms with Crippen LogP contribution in [0.4, 0.5) is 0 Å². The van der Waals surface area contributed by atoms with E-state index < -0.39 is 15.9 Å². The molecule has 0 N–H and O–H groups in total. The second kappa shape index (κ2) is 10.1. The van der Waals surface area contributed by atoms with Gasteiger partial charge in [-0.05, 0) is 69.7 Å². The number of thiazole rings is 1. The van der Waals surface area contributed by atoms with Crippen LogP contribution in [-0.2, 0) is 21.3 Å². The van der Waals surface area contributed by atoms with Crippen LogP contribution < -0.4 is 4.80 Å². The smallest absolute Gasteiger partial charge is 0.279 e. The number of rotatable bonds is 8. The monoisotopic (exact) mass is 475 g/mol. The van der Waals surface area contributed by atoms with Crippen LogP contribution in [-0.4, -0.2) is 49.5 Å². The fourth-order valence-corrected chi connectivity index (χ4v) is 5.67. The second-order valence-corrected chi connectivity index (χ2v) is 10.8. The molecule has 7 nitrogen and oxygen atoms in total. The number of carbonyl (C=O) groups excluding carboxylic acids is 1. The summed E-state index contributed by atoms with van der Waals surface area (Å²) in [4.78, 5) is 18.0. The molecular formula is C23H29N3O4S2. The molecule has 0 unspecified atom stereocenters. The lowest BCUT2D eigenvalue weighted by Crippen LogP contribution is -2.33. The van der Waals surface area contributed by atoms with E-state index >= 15 is 0 Å². The number of aryl methyl sites for hydroxylation is 1. The zero-order valence-electron chi connectivity index (χ0n) is 19.0. The van der Waals surface area contributed by atoms with E-state index in [0.29, 0.717) is 30.1 Å². The lowest BCUT2D eigenvalue weighted by atomic mass is 10.2. The van der Waals surface area contributed by atoms with Gasteiger partial charge in [0.1, 0.15) is 0 Å². The highest BCUT2D eigenvalue weighted by Gasteiger charge is 2.23. The van der Waals surface area contributed by atoms with E-state index in [2.05, 4.69) is 11.1 Å². The molecule has 1 amide bonds. The maximum Gasteiger partial charge on any atom is 0.279 e. The average Bonchev–Trinajstić information content (AvgIpc) is 3.09. The van der Waals surface area contributed by atoms with Crippen molar-refractivity contribution < 1.29 is 17.9 Å². The number of sulfonamides is 1. The molecule has 32 heavy (non-hydrogen) atoms. The topological polar surface area (TPSA) is 81.0 Å². The summed E-state index contributed by atoms with van der Waals surface area (Å²) in [6.07, 6.45) is 0. The Morgan fingerprint density at radius 2 is 1.88 bits per heavy atom. The van der Waals surface area contributed by atoms with Crippen molar-refractivity contribution >= 4 is 37.5 Å². The van der Waals surface area contributed by atoms with Gasteiger partial charge in [-0.2, -0.15) is 9.30 Å². The number of carbonyl (C=O) groups is 1. The van der Waals surface area contributed by atoms with Crippen LogP contribution in [0.5, 0.6) is 0 Å². The minimum Gasteiger partial charge on any atom is -0.380 e. The molecule has 0 fully saturated rings. The van der Waals surface area contributed by atoms with Gasteiger partial charge in [0.2, 0.25) is 10.0 Å². The van der Waals surface area contributed by atoms with Gasteiger partial charge in [0, 0.05) is 31.8 Å². The molecule has 0 saturated carbocycles. The first-order valence-electron chi connectivity index (χ1n) is 10.5. The first kappa shape index (κ1) is 24.3. The van der Waals surface area contributed by atoms with Crippen LogP contribution in [0.1, 0.15) is 36.7 Å².